The molecule has 9 heteroatoms. The number of thiophene rings is 2. The van der Waals surface area contributed by atoms with E-state index in [0.29, 0.717) is 26.7 Å². The van der Waals surface area contributed by atoms with Gasteiger partial charge in [-0.1, -0.05) is 43.3 Å². The van der Waals surface area contributed by atoms with E-state index in [2.05, 4.69) is 23.3 Å². The van der Waals surface area contributed by atoms with Crippen LogP contribution in [0.5, 0.6) is 0 Å². The lowest BCUT2D eigenvalue weighted by Crippen LogP contribution is -2.28. The summed E-state index contributed by atoms with van der Waals surface area (Å²) >= 11 is 2.83. The molecule has 38 heavy (non-hydrogen) atoms. The van der Waals surface area contributed by atoms with Gasteiger partial charge in [0.05, 0.1) is 24.4 Å². The van der Waals surface area contributed by atoms with E-state index in [0.717, 1.165) is 51.6 Å². The van der Waals surface area contributed by atoms with E-state index in [1.54, 1.807) is 0 Å². The topological polar surface area (TPSA) is 90.3 Å². The normalized spacial score (nSPS) is 14.9. The molecule has 1 aliphatic rings. The maximum absolute atomic E-state index is 13.5. The maximum Gasteiger partial charge on any atom is 0.341 e. The van der Waals surface area contributed by atoms with Crippen LogP contribution in [-0.4, -0.2) is 28.5 Å². The van der Waals surface area contributed by atoms with E-state index >= 15 is 0 Å². The highest BCUT2D eigenvalue weighted by molar-refractivity contribution is 7.17. The summed E-state index contributed by atoms with van der Waals surface area (Å²) in [6, 6.07) is 14.2. The molecule has 0 aliphatic heterocycles. The Morgan fingerprint density at radius 1 is 1.18 bits per heavy atom. The zero-order valence-corrected chi connectivity index (χ0v) is 22.6. The van der Waals surface area contributed by atoms with Crippen LogP contribution in [0.3, 0.4) is 0 Å². The van der Waals surface area contributed by atoms with Gasteiger partial charge >= 0.3 is 5.97 Å². The fraction of sp³-hybridized carbons (Fsp3) is 0.241. The molecule has 1 atom stereocenters. The Balaban J connectivity index is 1.31. The number of nitrogens with one attached hydrogen (secondary N) is 1. The number of carbonyl (C=O) groups is 2. The van der Waals surface area contributed by atoms with Gasteiger partial charge in [0.15, 0.2) is 0 Å². The molecule has 3 heterocycles. The Hall–Kier alpha value is -3.82. The van der Waals surface area contributed by atoms with Gasteiger partial charge in [0, 0.05) is 15.8 Å². The van der Waals surface area contributed by atoms with Crippen LogP contribution in [0, 0.1) is 5.92 Å². The van der Waals surface area contributed by atoms with Gasteiger partial charge in [-0.3, -0.25) is 14.2 Å². The highest BCUT2D eigenvalue weighted by atomic mass is 32.1. The first-order valence-corrected chi connectivity index (χ1v) is 14.1. The number of methoxy groups -OCH3 is 1. The van der Waals surface area contributed by atoms with E-state index in [1.807, 2.05) is 41.8 Å². The van der Waals surface area contributed by atoms with Crippen molar-refractivity contribution in [2.45, 2.75) is 32.7 Å². The van der Waals surface area contributed by atoms with E-state index in [-0.39, 0.29) is 12.1 Å². The summed E-state index contributed by atoms with van der Waals surface area (Å²) < 4.78 is 6.34. The highest BCUT2D eigenvalue weighted by Gasteiger charge is 2.29. The van der Waals surface area contributed by atoms with Crippen molar-refractivity contribution >= 4 is 60.5 Å². The minimum absolute atomic E-state index is 0.214. The molecule has 2 aromatic carbocycles. The lowest BCUT2D eigenvalue weighted by atomic mass is 9.88. The third-order valence-electron chi connectivity index (χ3n) is 7.09. The maximum atomic E-state index is 13.5. The molecule has 1 amide bonds. The van der Waals surface area contributed by atoms with Gasteiger partial charge in [-0.25, -0.2) is 9.78 Å². The molecule has 0 saturated carbocycles. The fourth-order valence-corrected chi connectivity index (χ4v) is 7.45. The van der Waals surface area contributed by atoms with Gasteiger partial charge in [-0.2, -0.15) is 0 Å². The van der Waals surface area contributed by atoms with Crippen LogP contribution in [0.15, 0.2) is 59.0 Å². The summed E-state index contributed by atoms with van der Waals surface area (Å²) in [6.45, 7) is 1.97. The van der Waals surface area contributed by atoms with Crippen molar-refractivity contribution in [2.24, 2.45) is 5.92 Å². The first-order chi connectivity index (χ1) is 18.4. The van der Waals surface area contributed by atoms with Gasteiger partial charge in [-0.15, -0.1) is 22.7 Å². The summed E-state index contributed by atoms with van der Waals surface area (Å²) in [5.41, 5.74) is 2.86. The number of anilines is 1. The molecule has 192 valence electrons. The average molecular weight is 544 g/mol. The van der Waals surface area contributed by atoms with Crippen molar-refractivity contribution in [2.75, 3.05) is 12.4 Å². The smallest absolute Gasteiger partial charge is 0.341 e. The van der Waals surface area contributed by atoms with E-state index in [9.17, 15) is 14.4 Å². The van der Waals surface area contributed by atoms with E-state index in [1.165, 1.54) is 40.7 Å². The zero-order chi connectivity index (χ0) is 26.4. The van der Waals surface area contributed by atoms with Crippen molar-refractivity contribution in [3.63, 3.8) is 0 Å². The third kappa shape index (κ3) is 4.31. The number of amides is 1. The number of hydrogen-bond donors (Lipinski definition) is 1. The number of nitrogens with zero attached hydrogens (tertiary/aromatic N) is 2. The molecule has 1 unspecified atom stereocenters. The molecular weight excluding hydrogens is 518 g/mol. The van der Waals surface area contributed by atoms with Gasteiger partial charge in [0.2, 0.25) is 5.91 Å². The van der Waals surface area contributed by atoms with Crippen LogP contribution in [-0.2, 0) is 28.9 Å². The van der Waals surface area contributed by atoms with Crippen molar-refractivity contribution < 1.29 is 14.3 Å². The van der Waals surface area contributed by atoms with Crippen molar-refractivity contribution in [3.05, 3.63) is 80.5 Å². The Morgan fingerprint density at radius 3 is 2.82 bits per heavy atom. The van der Waals surface area contributed by atoms with Crippen LogP contribution >= 0.6 is 22.7 Å². The number of carbonyl (C=O) groups excluding carboxylic acids is 2. The largest absolute Gasteiger partial charge is 0.465 e. The summed E-state index contributed by atoms with van der Waals surface area (Å²) in [6.07, 6.45) is 4.05. The molecule has 7 nitrogen and oxygen atoms in total. The monoisotopic (exact) mass is 543 g/mol. The minimum atomic E-state index is -0.453. The second kappa shape index (κ2) is 9.81. The molecule has 0 bridgehead atoms. The molecule has 5 aromatic rings. The molecule has 0 radical (unpaired) electrons. The lowest BCUT2D eigenvalue weighted by molar-refractivity contribution is -0.116. The van der Waals surface area contributed by atoms with Crippen molar-refractivity contribution in [1.82, 2.24) is 9.55 Å². The molecule has 1 aliphatic carbocycles. The van der Waals surface area contributed by atoms with Crippen LogP contribution in [0.2, 0.25) is 0 Å². The Labute approximate surface area is 226 Å². The molecule has 0 spiro atoms. The summed E-state index contributed by atoms with van der Waals surface area (Å²) in [4.78, 5) is 45.4. The SMILES string of the molecule is COC(=O)c1c(NC(=O)Cn2cnc3scc(-c4ccc5ccccc5c4)c3c2=O)sc2c1CCC(C)C2. The molecule has 6 rings (SSSR count). The zero-order valence-electron chi connectivity index (χ0n) is 20.9. The standard InChI is InChI=1S/C29H25N3O4S2/c1-16-7-10-20-22(11-16)38-27(25(20)29(35)36-2)31-23(33)13-32-15-30-26-24(28(32)34)21(14-37-26)19-9-8-17-5-3-4-6-18(17)12-19/h3-6,8-9,12,14-16H,7,10-11,13H2,1-2H3,(H,31,33). The van der Waals surface area contributed by atoms with E-state index in [4.69, 9.17) is 4.74 Å². The predicted octanol–water partition coefficient (Wildman–Crippen LogP) is 5.89. The molecule has 0 saturated heterocycles. The van der Waals surface area contributed by atoms with Crippen LogP contribution < -0.4 is 10.9 Å². The summed E-state index contributed by atoms with van der Waals surface area (Å²) in [7, 11) is 1.35. The van der Waals surface area contributed by atoms with Crippen LogP contribution in [0.4, 0.5) is 5.00 Å². The lowest BCUT2D eigenvalue weighted by Gasteiger charge is -2.18. The predicted molar refractivity (Wildman–Crippen MR) is 152 cm³/mol. The molecule has 3 aromatic heterocycles. The second-order valence-electron chi connectivity index (χ2n) is 9.66. The number of aromatic nitrogens is 2. The summed E-state index contributed by atoms with van der Waals surface area (Å²) in [5.74, 6) is -0.326. The van der Waals surface area contributed by atoms with Gasteiger partial charge in [0.25, 0.3) is 5.56 Å². The average Bonchev–Trinajstić information content (AvgIpc) is 3.51. The quantitative estimate of drug-likeness (QED) is 0.279. The number of esters is 1. The van der Waals surface area contributed by atoms with Crippen LogP contribution in [0.1, 0.15) is 34.1 Å². The summed E-state index contributed by atoms with van der Waals surface area (Å²) in [5, 5.41) is 8.00. The highest BCUT2D eigenvalue weighted by Crippen LogP contribution is 2.40. The Kier molecular flexibility index (Phi) is 6.33. The number of fused-ring (bicyclic) bond motifs is 3. The first kappa shape index (κ1) is 24.5. The second-order valence-corrected chi connectivity index (χ2v) is 11.6. The van der Waals surface area contributed by atoms with Crippen molar-refractivity contribution in [1.29, 1.82) is 0 Å². The van der Waals surface area contributed by atoms with Gasteiger partial charge < -0.3 is 10.1 Å². The minimum Gasteiger partial charge on any atom is -0.465 e. The van der Waals surface area contributed by atoms with Crippen LogP contribution in [0.25, 0.3) is 32.1 Å². The molecular formula is C29H25N3O4S2. The third-order valence-corrected chi connectivity index (χ3v) is 9.15. The number of rotatable bonds is 5. The number of hydrogen-bond acceptors (Lipinski definition) is 7. The first-order valence-electron chi connectivity index (χ1n) is 12.4. The Morgan fingerprint density at radius 2 is 2.00 bits per heavy atom. The molecule has 0 fully saturated rings. The molecule has 1 N–H and O–H groups in total. The van der Waals surface area contributed by atoms with E-state index < -0.39 is 11.9 Å². The van der Waals surface area contributed by atoms with Crippen molar-refractivity contribution in [3.8, 4) is 11.1 Å². The Bertz CT molecular complexity index is 1780. The number of ether oxygens (including phenoxy) is 1. The van der Waals surface area contributed by atoms with Gasteiger partial charge in [-0.05, 0) is 53.1 Å². The van der Waals surface area contributed by atoms with Gasteiger partial charge in [0.1, 0.15) is 16.4 Å². The fourth-order valence-electron chi connectivity index (χ4n) is 5.13. The number of benzene rings is 2.